The second-order valence-electron chi connectivity index (χ2n) is 4.77. The van der Waals surface area contributed by atoms with Crippen LogP contribution in [0.2, 0.25) is 10.0 Å². The lowest BCUT2D eigenvalue weighted by Gasteiger charge is -2.02. The van der Waals surface area contributed by atoms with E-state index in [9.17, 15) is 4.79 Å². The van der Waals surface area contributed by atoms with Crippen LogP contribution in [0, 0.1) is 0 Å². The molecule has 3 rings (SSSR count). The minimum absolute atomic E-state index is 0.316. The molecule has 0 saturated carbocycles. The quantitative estimate of drug-likeness (QED) is 0.675. The van der Waals surface area contributed by atoms with Gasteiger partial charge in [0.2, 0.25) is 5.13 Å². The predicted octanol–water partition coefficient (Wildman–Crippen LogP) is 5.27. The van der Waals surface area contributed by atoms with Gasteiger partial charge in [0, 0.05) is 5.56 Å². The predicted molar refractivity (Wildman–Crippen MR) is 99.7 cm³/mol. The molecular weight excluding hydrogens is 365 g/mol. The molecule has 0 spiro atoms. The zero-order valence-electron chi connectivity index (χ0n) is 12.2. The highest BCUT2D eigenvalue weighted by atomic mass is 35.5. The number of hydrogen-bond donors (Lipinski definition) is 1. The number of rotatable bonds is 4. The van der Waals surface area contributed by atoms with Gasteiger partial charge < -0.3 is 0 Å². The Morgan fingerprint density at radius 2 is 1.79 bits per heavy atom. The van der Waals surface area contributed by atoms with Crippen LogP contribution < -0.4 is 5.32 Å². The van der Waals surface area contributed by atoms with Crippen LogP contribution in [0.5, 0.6) is 0 Å². The Balaban J connectivity index is 1.68. The zero-order chi connectivity index (χ0) is 16.9. The first-order valence-electron chi connectivity index (χ1n) is 6.95. The summed E-state index contributed by atoms with van der Waals surface area (Å²) in [6.07, 6.45) is 3.78. The first-order chi connectivity index (χ1) is 11.6. The van der Waals surface area contributed by atoms with Crippen molar-refractivity contribution in [2.75, 3.05) is 5.32 Å². The average molecular weight is 376 g/mol. The second kappa shape index (κ2) is 7.57. The highest BCUT2D eigenvalue weighted by Gasteiger charge is 2.11. The molecule has 24 heavy (non-hydrogen) atoms. The molecule has 0 fully saturated rings. The lowest BCUT2D eigenvalue weighted by Crippen LogP contribution is -2.11. The summed E-state index contributed by atoms with van der Waals surface area (Å²) in [7, 11) is 0. The minimum atomic E-state index is -0.316. The molecule has 0 radical (unpaired) electrons. The second-order valence-corrected chi connectivity index (χ2v) is 6.60. The van der Waals surface area contributed by atoms with Crippen molar-refractivity contribution in [3.8, 4) is 0 Å². The Morgan fingerprint density at radius 1 is 1.00 bits per heavy atom. The Morgan fingerprint density at radius 3 is 2.54 bits per heavy atom. The van der Waals surface area contributed by atoms with Crippen molar-refractivity contribution < 1.29 is 4.79 Å². The van der Waals surface area contributed by atoms with Gasteiger partial charge in [-0.3, -0.25) is 10.1 Å². The maximum absolute atomic E-state index is 12.2. The first-order valence-corrected chi connectivity index (χ1v) is 8.52. The third-order valence-electron chi connectivity index (χ3n) is 3.06. The summed E-state index contributed by atoms with van der Waals surface area (Å²) < 4.78 is 0. The zero-order valence-corrected chi connectivity index (χ0v) is 14.6. The molecule has 7 heteroatoms. The van der Waals surface area contributed by atoms with Gasteiger partial charge in [-0.1, -0.05) is 70.9 Å². The molecule has 0 aliphatic rings. The molecule has 1 heterocycles. The third kappa shape index (κ3) is 4.20. The molecule has 4 nitrogen and oxygen atoms in total. The topological polar surface area (TPSA) is 54.9 Å². The summed E-state index contributed by atoms with van der Waals surface area (Å²) in [5, 5.41) is 12.5. The Hall–Kier alpha value is -2.21. The molecule has 1 N–H and O–H groups in total. The molecule has 1 amide bonds. The summed E-state index contributed by atoms with van der Waals surface area (Å²) in [5.41, 5.74) is 1.47. The largest absolute Gasteiger partial charge is 0.296 e. The van der Waals surface area contributed by atoms with Crippen LogP contribution in [-0.4, -0.2) is 16.1 Å². The fraction of sp³-hybridized carbons (Fsp3) is 0. The molecule has 1 aromatic heterocycles. The van der Waals surface area contributed by atoms with Crippen LogP contribution >= 0.6 is 34.5 Å². The van der Waals surface area contributed by atoms with Crippen LogP contribution in [0.3, 0.4) is 0 Å². The van der Waals surface area contributed by atoms with E-state index in [1.807, 2.05) is 42.5 Å². The fourth-order valence-corrected chi connectivity index (χ4v) is 2.83. The number of carbonyl (C=O) groups is 1. The van der Waals surface area contributed by atoms with Gasteiger partial charge >= 0.3 is 0 Å². The molecular formula is C17H11Cl2N3OS. The van der Waals surface area contributed by atoms with Crippen molar-refractivity contribution in [2.24, 2.45) is 0 Å². The van der Waals surface area contributed by atoms with Gasteiger partial charge in [0.1, 0.15) is 5.01 Å². The minimum Gasteiger partial charge on any atom is -0.296 e. The van der Waals surface area contributed by atoms with E-state index in [0.717, 1.165) is 5.56 Å². The lowest BCUT2D eigenvalue weighted by molar-refractivity contribution is 0.102. The number of benzene rings is 2. The summed E-state index contributed by atoms with van der Waals surface area (Å²) >= 11 is 13.0. The SMILES string of the molecule is O=C(Nc1nnc(/C=C/c2ccccc2)s1)c1ccc(Cl)c(Cl)c1. The summed E-state index contributed by atoms with van der Waals surface area (Å²) in [5.74, 6) is -0.316. The van der Waals surface area contributed by atoms with E-state index in [-0.39, 0.29) is 5.91 Å². The normalized spacial score (nSPS) is 10.9. The van der Waals surface area contributed by atoms with E-state index < -0.39 is 0 Å². The molecule has 0 bridgehead atoms. The van der Waals surface area contributed by atoms with E-state index in [0.29, 0.717) is 25.7 Å². The summed E-state index contributed by atoms with van der Waals surface area (Å²) in [4.78, 5) is 12.2. The molecule has 0 saturated heterocycles. The third-order valence-corrected chi connectivity index (χ3v) is 4.60. The van der Waals surface area contributed by atoms with E-state index in [4.69, 9.17) is 23.2 Å². The Kier molecular flexibility index (Phi) is 5.25. The number of amides is 1. The summed E-state index contributed by atoms with van der Waals surface area (Å²) in [6, 6.07) is 14.5. The number of hydrogen-bond acceptors (Lipinski definition) is 4. The molecule has 0 unspecified atom stereocenters. The number of halogens is 2. The number of carbonyl (C=O) groups excluding carboxylic acids is 1. The van der Waals surface area contributed by atoms with Gasteiger partial charge in [0.25, 0.3) is 5.91 Å². The summed E-state index contributed by atoms with van der Waals surface area (Å²) in [6.45, 7) is 0. The average Bonchev–Trinajstić information content (AvgIpc) is 3.04. The van der Waals surface area contributed by atoms with Crippen LogP contribution in [0.1, 0.15) is 20.9 Å². The van der Waals surface area contributed by atoms with E-state index in [1.54, 1.807) is 12.1 Å². The highest BCUT2D eigenvalue weighted by molar-refractivity contribution is 7.16. The van der Waals surface area contributed by atoms with Crippen molar-refractivity contribution in [3.63, 3.8) is 0 Å². The fourth-order valence-electron chi connectivity index (χ4n) is 1.89. The van der Waals surface area contributed by atoms with Crippen molar-refractivity contribution in [1.82, 2.24) is 10.2 Å². The molecule has 0 aliphatic carbocycles. The van der Waals surface area contributed by atoms with Crippen molar-refractivity contribution in [3.05, 3.63) is 74.7 Å². The van der Waals surface area contributed by atoms with Gasteiger partial charge in [0.15, 0.2) is 0 Å². The van der Waals surface area contributed by atoms with Gasteiger partial charge in [0.05, 0.1) is 10.0 Å². The molecule has 0 atom stereocenters. The van der Waals surface area contributed by atoms with Gasteiger partial charge in [-0.25, -0.2) is 0 Å². The van der Waals surface area contributed by atoms with Crippen LogP contribution in [-0.2, 0) is 0 Å². The van der Waals surface area contributed by atoms with Crippen molar-refractivity contribution >= 4 is 57.7 Å². The maximum atomic E-state index is 12.2. The van der Waals surface area contributed by atoms with E-state index in [2.05, 4.69) is 15.5 Å². The molecule has 3 aromatic rings. The molecule has 2 aromatic carbocycles. The van der Waals surface area contributed by atoms with Crippen LogP contribution in [0.25, 0.3) is 12.2 Å². The lowest BCUT2D eigenvalue weighted by atomic mass is 10.2. The van der Waals surface area contributed by atoms with Gasteiger partial charge in [-0.05, 0) is 29.8 Å². The van der Waals surface area contributed by atoms with Gasteiger partial charge in [-0.2, -0.15) is 0 Å². The smallest absolute Gasteiger partial charge is 0.257 e. The highest BCUT2D eigenvalue weighted by Crippen LogP contribution is 2.24. The number of nitrogens with one attached hydrogen (secondary N) is 1. The standard InChI is InChI=1S/C17H11Cl2N3OS/c18-13-8-7-12(10-14(13)19)16(23)20-17-22-21-15(24-17)9-6-11-4-2-1-3-5-11/h1-10H,(H,20,22,23)/b9-6+. The van der Waals surface area contributed by atoms with Crippen LogP contribution in [0.15, 0.2) is 48.5 Å². The Bertz CT molecular complexity index is 894. The van der Waals surface area contributed by atoms with Crippen LogP contribution in [0.4, 0.5) is 5.13 Å². The number of nitrogens with zero attached hydrogens (tertiary/aromatic N) is 2. The Labute approximate surface area is 152 Å². The molecule has 120 valence electrons. The van der Waals surface area contributed by atoms with Gasteiger partial charge in [-0.15, -0.1) is 10.2 Å². The van der Waals surface area contributed by atoms with Crippen molar-refractivity contribution in [2.45, 2.75) is 0 Å². The van der Waals surface area contributed by atoms with E-state index in [1.165, 1.54) is 17.4 Å². The monoisotopic (exact) mass is 375 g/mol. The van der Waals surface area contributed by atoms with E-state index >= 15 is 0 Å². The number of anilines is 1. The van der Waals surface area contributed by atoms with Crippen molar-refractivity contribution in [1.29, 1.82) is 0 Å². The first kappa shape index (κ1) is 16.6. The molecule has 0 aliphatic heterocycles. The maximum Gasteiger partial charge on any atom is 0.257 e. The number of aromatic nitrogens is 2.